The predicted molar refractivity (Wildman–Crippen MR) is 114 cm³/mol. The maximum absolute atomic E-state index is 12.7. The van der Waals surface area contributed by atoms with Crippen LogP contribution in [0.5, 0.6) is 0 Å². The van der Waals surface area contributed by atoms with E-state index in [1.807, 2.05) is 24.3 Å². The number of nitrogens with zero attached hydrogens (tertiary/aromatic N) is 1. The van der Waals surface area contributed by atoms with Crippen LogP contribution in [0.3, 0.4) is 0 Å². The molecule has 0 bridgehead atoms. The van der Waals surface area contributed by atoms with E-state index in [9.17, 15) is 4.79 Å². The summed E-state index contributed by atoms with van der Waals surface area (Å²) in [7, 11) is 0. The summed E-state index contributed by atoms with van der Waals surface area (Å²) in [4.78, 5) is 15.1. The SMILES string of the molecule is Cc1ccc(C(CNC(=O)c2ccc(C(C)(C)C)cc2)N2CCOCC2)cc1. The lowest BCUT2D eigenvalue weighted by Gasteiger charge is -2.35. The van der Waals surface area contributed by atoms with Crippen molar-refractivity contribution in [2.24, 2.45) is 0 Å². The normalized spacial score (nSPS) is 16.6. The number of benzene rings is 2. The standard InChI is InChI=1S/C24H32N2O2/c1-18-5-7-19(8-6-18)22(26-13-15-28-16-14-26)17-25-23(27)20-9-11-21(12-10-20)24(2,3)4/h5-12,22H,13-17H2,1-4H3,(H,25,27). The molecule has 1 saturated heterocycles. The van der Waals surface area contributed by atoms with Crippen molar-refractivity contribution >= 4 is 5.91 Å². The highest BCUT2D eigenvalue weighted by molar-refractivity contribution is 5.94. The summed E-state index contributed by atoms with van der Waals surface area (Å²) in [5.74, 6) is -0.0224. The Labute approximate surface area is 168 Å². The van der Waals surface area contributed by atoms with Crippen LogP contribution in [0.15, 0.2) is 48.5 Å². The van der Waals surface area contributed by atoms with Gasteiger partial charge in [-0.15, -0.1) is 0 Å². The molecule has 1 atom stereocenters. The topological polar surface area (TPSA) is 41.6 Å². The Morgan fingerprint density at radius 1 is 1.04 bits per heavy atom. The number of morpholine rings is 1. The predicted octanol–water partition coefficient (Wildman–Crippen LogP) is 4.10. The molecule has 1 aliphatic heterocycles. The molecular formula is C24H32N2O2. The van der Waals surface area contributed by atoms with E-state index in [4.69, 9.17) is 4.74 Å². The van der Waals surface area contributed by atoms with E-state index in [1.165, 1.54) is 16.7 Å². The van der Waals surface area contributed by atoms with Crippen LogP contribution in [0.1, 0.15) is 53.9 Å². The summed E-state index contributed by atoms with van der Waals surface area (Å²) >= 11 is 0. The minimum absolute atomic E-state index is 0.0224. The molecule has 0 aromatic heterocycles. The van der Waals surface area contributed by atoms with Gasteiger partial charge in [0, 0.05) is 25.2 Å². The van der Waals surface area contributed by atoms with E-state index < -0.39 is 0 Å². The van der Waals surface area contributed by atoms with Gasteiger partial charge in [0.25, 0.3) is 5.91 Å². The van der Waals surface area contributed by atoms with Gasteiger partial charge in [0.2, 0.25) is 0 Å². The molecule has 4 nitrogen and oxygen atoms in total. The largest absolute Gasteiger partial charge is 0.379 e. The van der Waals surface area contributed by atoms with Crippen molar-refractivity contribution in [1.29, 1.82) is 0 Å². The second kappa shape index (κ2) is 8.89. The fourth-order valence-electron chi connectivity index (χ4n) is 3.55. The molecule has 3 rings (SSSR count). The van der Waals surface area contributed by atoms with Crippen LogP contribution in [-0.4, -0.2) is 43.7 Å². The number of carbonyl (C=O) groups excluding carboxylic acids is 1. The third-order valence-electron chi connectivity index (χ3n) is 5.42. The quantitative estimate of drug-likeness (QED) is 0.849. The molecule has 1 heterocycles. The number of nitrogens with one attached hydrogen (secondary N) is 1. The molecule has 0 saturated carbocycles. The number of aryl methyl sites for hydroxylation is 1. The van der Waals surface area contributed by atoms with E-state index in [-0.39, 0.29) is 17.4 Å². The molecule has 1 N–H and O–H groups in total. The van der Waals surface area contributed by atoms with Crippen LogP contribution in [0.25, 0.3) is 0 Å². The highest BCUT2D eigenvalue weighted by Crippen LogP contribution is 2.23. The average molecular weight is 381 g/mol. The maximum atomic E-state index is 12.7. The fourth-order valence-corrected chi connectivity index (χ4v) is 3.55. The van der Waals surface area contributed by atoms with Crippen molar-refractivity contribution in [3.63, 3.8) is 0 Å². The van der Waals surface area contributed by atoms with E-state index in [2.05, 4.69) is 62.2 Å². The van der Waals surface area contributed by atoms with E-state index in [1.54, 1.807) is 0 Å². The number of hydrogen-bond acceptors (Lipinski definition) is 3. The molecule has 2 aromatic rings. The third-order valence-corrected chi connectivity index (χ3v) is 5.42. The number of ether oxygens (including phenoxy) is 1. The third kappa shape index (κ3) is 5.21. The fraction of sp³-hybridized carbons (Fsp3) is 0.458. The van der Waals surface area contributed by atoms with Gasteiger partial charge in [-0.3, -0.25) is 9.69 Å². The van der Waals surface area contributed by atoms with Crippen molar-refractivity contribution in [1.82, 2.24) is 10.2 Å². The van der Waals surface area contributed by atoms with Gasteiger partial charge in [-0.05, 0) is 35.6 Å². The first-order chi connectivity index (χ1) is 13.3. The van der Waals surface area contributed by atoms with Crippen LogP contribution in [-0.2, 0) is 10.2 Å². The molecule has 28 heavy (non-hydrogen) atoms. The lowest BCUT2D eigenvalue weighted by atomic mass is 9.87. The smallest absolute Gasteiger partial charge is 0.251 e. The van der Waals surface area contributed by atoms with Crippen molar-refractivity contribution in [2.75, 3.05) is 32.8 Å². The van der Waals surface area contributed by atoms with Gasteiger partial charge >= 0.3 is 0 Å². The summed E-state index contributed by atoms with van der Waals surface area (Å²) < 4.78 is 5.51. The van der Waals surface area contributed by atoms with Crippen LogP contribution < -0.4 is 5.32 Å². The lowest BCUT2D eigenvalue weighted by Crippen LogP contribution is -2.43. The molecule has 0 aliphatic carbocycles. The summed E-state index contributed by atoms with van der Waals surface area (Å²) in [5, 5.41) is 3.15. The Balaban J connectivity index is 1.70. The lowest BCUT2D eigenvalue weighted by molar-refractivity contribution is 0.0162. The molecule has 1 fully saturated rings. The molecule has 0 radical (unpaired) electrons. The summed E-state index contributed by atoms with van der Waals surface area (Å²) in [6.45, 7) is 12.5. The molecular weight excluding hydrogens is 348 g/mol. The number of hydrogen-bond donors (Lipinski definition) is 1. The monoisotopic (exact) mass is 380 g/mol. The number of amides is 1. The summed E-state index contributed by atoms with van der Waals surface area (Å²) in [5.41, 5.74) is 4.50. The van der Waals surface area contributed by atoms with Gasteiger partial charge in [0.1, 0.15) is 0 Å². The van der Waals surface area contributed by atoms with Gasteiger partial charge in [0.15, 0.2) is 0 Å². The molecule has 1 amide bonds. The number of rotatable bonds is 5. The highest BCUT2D eigenvalue weighted by Gasteiger charge is 2.23. The second-order valence-corrected chi connectivity index (χ2v) is 8.61. The van der Waals surface area contributed by atoms with Gasteiger partial charge in [0.05, 0.1) is 19.3 Å². The zero-order valence-corrected chi connectivity index (χ0v) is 17.5. The van der Waals surface area contributed by atoms with Crippen LogP contribution in [0.2, 0.25) is 0 Å². The van der Waals surface area contributed by atoms with E-state index in [0.29, 0.717) is 12.1 Å². The van der Waals surface area contributed by atoms with Crippen molar-refractivity contribution in [3.8, 4) is 0 Å². The zero-order chi connectivity index (χ0) is 20.1. The second-order valence-electron chi connectivity index (χ2n) is 8.61. The van der Waals surface area contributed by atoms with Gasteiger partial charge in [-0.1, -0.05) is 62.7 Å². The summed E-state index contributed by atoms with van der Waals surface area (Å²) in [6.07, 6.45) is 0. The van der Waals surface area contributed by atoms with Crippen molar-refractivity contribution in [2.45, 2.75) is 39.2 Å². The highest BCUT2D eigenvalue weighted by atomic mass is 16.5. The average Bonchev–Trinajstić information content (AvgIpc) is 2.69. The van der Waals surface area contributed by atoms with E-state index in [0.717, 1.165) is 26.3 Å². The first kappa shape index (κ1) is 20.6. The first-order valence-corrected chi connectivity index (χ1v) is 10.1. The van der Waals surface area contributed by atoms with Gasteiger partial charge in [-0.25, -0.2) is 0 Å². The Kier molecular flexibility index (Phi) is 6.53. The van der Waals surface area contributed by atoms with Gasteiger partial charge < -0.3 is 10.1 Å². The maximum Gasteiger partial charge on any atom is 0.251 e. The number of carbonyl (C=O) groups is 1. The van der Waals surface area contributed by atoms with Crippen LogP contribution in [0, 0.1) is 6.92 Å². The van der Waals surface area contributed by atoms with Crippen LogP contribution in [0.4, 0.5) is 0 Å². The Hall–Kier alpha value is -2.17. The zero-order valence-electron chi connectivity index (χ0n) is 17.5. The Bertz CT molecular complexity index is 770. The Morgan fingerprint density at radius 2 is 1.64 bits per heavy atom. The first-order valence-electron chi connectivity index (χ1n) is 10.1. The van der Waals surface area contributed by atoms with Crippen molar-refractivity contribution < 1.29 is 9.53 Å². The molecule has 1 aliphatic rings. The molecule has 4 heteroatoms. The Morgan fingerprint density at radius 3 is 2.21 bits per heavy atom. The summed E-state index contributed by atoms with van der Waals surface area (Å²) in [6, 6.07) is 16.7. The minimum Gasteiger partial charge on any atom is -0.379 e. The molecule has 2 aromatic carbocycles. The molecule has 0 spiro atoms. The minimum atomic E-state index is -0.0224. The van der Waals surface area contributed by atoms with Crippen molar-refractivity contribution in [3.05, 3.63) is 70.8 Å². The molecule has 1 unspecified atom stereocenters. The van der Waals surface area contributed by atoms with Gasteiger partial charge in [-0.2, -0.15) is 0 Å². The van der Waals surface area contributed by atoms with E-state index >= 15 is 0 Å². The molecule has 150 valence electrons. The van der Waals surface area contributed by atoms with Crippen LogP contribution >= 0.6 is 0 Å².